The summed E-state index contributed by atoms with van der Waals surface area (Å²) in [7, 11) is 0. The number of aryl methyl sites for hydroxylation is 1. The standard InChI is InChI=1S/C14H16ClFO/c1-9-4-10(6-13(16)5-9)2-3-11-7-12(15)8-14(11)17/h2-6,11-12,14,17H,7-8H2,1H3/b3-2+/t11-,12+,14-/m1/s1. The molecule has 17 heavy (non-hydrogen) atoms. The van der Waals surface area contributed by atoms with Crippen molar-refractivity contribution < 1.29 is 9.50 Å². The molecule has 0 radical (unpaired) electrons. The van der Waals surface area contributed by atoms with Gasteiger partial charge < -0.3 is 5.11 Å². The van der Waals surface area contributed by atoms with E-state index in [1.165, 1.54) is 12.1 Å². The third kappa shape index (κ3) is 3.30. The smallest absolute Gasteiger partial charge is 0.124 e. The number of hydrogen-bond acceptors (Lipinski definition) is 1. The normalized spacial score (nSPS) is 29.1. The maximum absolute atomic E-state index is 13.2. The molecule has 0 bridgehead atoms. The van der Waals surface area contributed by atoms with Crippen LogP contribution in [0.5, 0.6) is 0 Å². The van der Waals surface area contributed by atoms with Gasteiger partial charge in [-0.25, -0.2) is 4.39 Å². The fraction of sp³-hybridized carbons (Fsp3) is 0.429. The van der Waals surface area contributed by atoms with Gasteiger partial charge in [-0.15, -0.1) is 11.6 Å². The third-order valence-electron chi connectivity index (χ3n) is 3.12. The Morgan fingerprint density at radius 3 is 2.71 bits per heavy atom. The van der Waals surface area contributed by atoms with E-state index in [9.17, 15) is 9.50 Å². The zero-order valence-electron chi connectivity index (χ0n) is 9.74. The minimum absolute atomic E-state index is 0.0499. The molecule has 0 spiro atoms. The summed E-state index contributed by atoms with van der Waals surface area (Å²) in [6, 6.07) is 4.90. The molecule has 0 unspecified atom stereocenters. The van der Waals surface area contributed by atoms with Gasteiger partial charge in [0.1, 0.15) is 5.82 Å². The van der Waals surface area contributed by atoms with Gasteiger partial charge >= 0.3 is 0 Å². The zero-order chi connectivity index (χ0) is 12.4. The predicted octanol–water partition coefficient (Wildman–Crippen LogP) is 3.53. The van der Waals surface area contributed by atoms with Crippen molar-refractivity contribution >= 4 is 17.7 Å². The molecule has 3 heteroatoms. The summed E-state index contributed by atoms with van der Waals surface area (Å²) >= 11 is 5.98. The summed E-state index contributed by atoms with van der Waals surface area (Å²) in [6.07, 6.45) is 4.84. The van der Waals surface area contributed by atoms with E-state index in [0.29, 0.717) is 6.42 Å². The first-order valence-electron chi connectivity index (χ1n) is 5.82. The van der Waals surface area contributed by atoms with Crippen LogP contribution in [0.15, 0.2) is 24.3 Å². The highest BCUT2D eigenvalue weighted by Gasteiger charge is 2.29. The van der Waals surface area contributed by atoms with Gasteiger partial charge in [-0.2, -0.15) is 0 Å². The molecule has 0 aliphatic heterocycles. The van der Waals surface area contributed by atoms with Crippen molar-refractivity contribution in [2.24, 2.45) is 5.92 Å². The molecule has 1 aromatic rings. The first-order valence-corrected chi connectivity index (χ1v) is 6.26. The number of halogens is 2. The number of aliphatic hydroxyl groups is 1. The van der Waals surface area contributed by atoms with E-state index >= 15 is 0 Å². The summed E-state index contributed by atoms with van der Waals surface area (Å²) in [5, 5.41) is 9.79. The lowest BCUT2D eigenvalue weighted by molar-refractivity contribution is 0.153. The fourth-order valence-corrected chi connectivity index (χ4v) is 2.68. The molecule has 1 aromatic carbocycles. The maximum Gasteiger partial charge on any atom is 0.124 e. The SMILES string of the molecule is Cc1cc(F)cc(/C=C/[C@@H]2C[C@H](Cl)C[C@H]2O)c1. The first-order chi connectivity index (χ1) is 8.04. The lowest BCUT2D eigenvalue weighted by atomic mass is 10.0. The van der Waals surface area contributed by atoms with Crippen molar-refractivity contribution in [2.75, 3.05) is 0 Å². The summed E-state index contributed by atoms with van der Waals surface area (Å²) in [4.78, 5) is 0. The van der Waals surface area contributed by atoms with Gasteiger partial charge in [0.15, 0.2) is 0 Å². The Labute approximate surface area is 106 Å². The van der Waals surface area contributed by atoms with Crippen LogP contribution >= 0.6 is 11.6 Å². The van der Waals surface area contributed by atoms with Gasteiger partial charge in [-0.3, -0.25) is 0 Å². The maximum atomic E-state index is 13.2. The van der Waals surface area contributed by atoms with Crippen LogP contribution in [0.1, 0.15) is 24.0 Å². The molecule has 0 amide bonds. The average Bonchev–Trinajstić information content (AvgIpc) is 2.53. The van der Waals surface area contributed by atoms with Crippen molar-refractivity contribution in [3.05, 3.63) is 41.2 Å². The predicted molar refractivity (Wildman–Crippen MR) is 68.5 cm³/mol. The third-order valence-corrected chi connectivity index (χ3v) is 3.48. The Kier molecular flexibility index (Phi) is 3.85. The van der Waals surface area contributed by atoms with Crippen LogP contribution in [0.3, 0.4) is 0 Å². The van der Waals surface area contributed by atoms with Crippen molar-refractivity contribution in [3.63, 3.8) is 0 Å². The van der Waals surface area contributed by atoms with Gasteiger partial charge in [0.25, 0.3) is 0 Å². The molecule has 1 aliphatic rings. The van der Waals surface area contributed by atoms with Gasteiger partial charge in [0, 0.05) is 11.3 Å². The van der Waals surface area contributed by atoms with Crippen molar-refractivity contribution in [2.45, 2.75) is 31.2 Å². The number of benzene rings is 1. The minimum atomic E-state index is -0.372. The molecular formula is C14H16ClFO. The van der Waals surface area contributed by atoms with Gasteiger partial charge in [0.2, 0.25) is 0 Å². The second-order valence-electron chi connectivity index (χ2n) is 4.72. The van der Waals surface area contributed by atoms with Gasteiger partial charge in [-0.1, -0.05) is 18.2 Å². The summed E-state index contributed by atoms with van der Waals surface area (Å²) in [6.45, 7) is 1.86. The Bertz CT molecular complexity index is 410. The molecule has 1 nitrogen and oxygen atoms in total. The number of aliphatic hydroxyl groups excluding tert-OH is 1. The minimum Gasteiger partial charge on any atom is -0.392 e. The molecular weight excluding hydrogens is 239 g/mol. The lowest BCUT2D eigenvalue weighted by Crippen LogP contribution is -2.09. The van der Waals surface area contributed by atoms with Crippen molar-refractivity contribution in [3.8, 4) is 0 Å². The molecule has 3 atom stereocenters. The highest BCUT2D eigenvalue weighted by atomic mass is 35.5. The van der Waals surface area contributed by atoms with Crippen LogP contribution in [0.25, 0.3) is 6.08 Å². The molecule has 1 fully saturated rings. The van der Waals surface area contributed by atoms with Crippen LogP contribution in [0.2, 0.25) is 0 Å². The van der Waals surface area contributed by atoms with Gasteiger partial charge in [-0.05, 0) is 43.0 Å². The Morgan fingerprint density at radius 1 is 1.35 bits per heavy atom. The van der Waals surface area contributed by atoms with E-state index in [1.54, 1.807) is 0 Å². The highest BCUT2D eigenvalue weighted by Crippen LogP contribution is 2.31. The van der Waals surface area contributed by atoms with E-state index in [0.717, 1.165) is 17.5 Å². The van der Waals surface area contributed by atoms with Crippen molar-refractivity contribution in [1.82, 2.24) is 0 Å². The van der Waals surface area contributed by atoms with E-state index in [-0.39, 0.29) is 23.2 Å². The van der Waals surface area contributed by atoms with Gasteiger partial charge in [0.05, 0.1) is 6.10 Å². The summed E-state index contributed by atoms with van der Waals surface area (Å²) in [5.41, 5.74) is 1.72. The number of hydrogen-bond donors (Lipinski definition) is 1. The van der Waals surface area contributed by atoms with E-state index < -0.39 is 0 Å². The average molecular weight is 255 g/mol. The molecule has 0 aromatic heterocycles. The van der Waals surface area contributed by atoms with Crippen LogP contribution in [-0.4, -0.2) is 16.6 Å². The molecule has 0 saturated heterocycles. The van der Waals surface area contributed by atoms with Crippen LogP contribution in [0, 0.1) is 18.7 Å². The first kappa shape index (κ1) is 12.6. The fourth-order valence-electron chi connectivity index (χ4n) is 2.29. The number of rotatable bonds is 2. The molecule has 92 valence electrons. The number of alkyl halides is 1. The van der Waals surface area contributed by atoms with E-state index in [1.807, 2.05) is 25.1 Å². The highest BCUT2D eigenvalue weighted by molar-refractivity contribution is 6.20. The quantitative estimate of drug-likeness (QED) is 0.801. The Hall–Kier alpha value is -0.860. The molecule has 1 aliphatic carbocycles. The second-order valence-corrected chi connectivity index (χ2v) is 5.34. The zero-order valence-corrected chi connectivity index (χ0v) is 10.5. The summed E-state index contributed by atoms with van der Waals surface area (Å²) < 4.78 is 13.2. The lowest BCUT2D eigenvalue weighted by Gasteiger charge is -2.08. The largest absolute Gasteiger partial charge is 0.392 e. The summed E-state index contributed by atoms with van der Waals surface area (Å²) in [5.74, 6) is -0.145. The second kappa shape index (κ2) is 5.19. The molecule has 2 rings (SSSR count). The van der Waals surface area contributed by atoms with E-state index in [4.69, 9.17) is 11.6 Å². The Balaban J connectivity index is 2.09. The van der Waals surface area contributed by atoms with Crippen molar-refractivity contribution in [1.29, 1.82) is 0 Å². The van der Waals surface area contributed by atoms with Crippen LogP contribution < -0.4 is 0 Å². The monoisotopic (exact) mass is 254 g/mol. The topological polar surface area (TPSA) is 20.2 Å². The van der Waals surface area contributed by atoms with Crippen LogP contribution in [0.4, 0.5) is 4.39 Å². The molecule has 1 saturated carbocycles. The molecule has 1 N–H and O–H groups in total. The van der Waals surface area contributed by atoms with Crippen LogP contribution in [-0.2, 0) is 0 Å². The molecule has 0 heterocycles. The van der Waals surface area contributed by atoms with E-state index in [2.05, 4.69) is 0 Å². The Morgan fingerprint density at radius 2 is 2.12 bits per heavy atom.